The molecule has 23 heavy (non-hydrogen) atoms. The minimum absolute atomic E-state index is 0.0357. The minimum Gasteiger partial charge on any atom is -0.367 e. The fourth-order valence-electron chi connectivity index (χ4n) is 2.75. The highest BCUT2D eigenvalue weighted by atomic mass is 16.5. The molecule has 2 aromatic heterocycles. The number of nitrogens with zero attached hydrogens (tertiary/aromatic N) is 4. The molecular formula is C15H16N6O2. The van der Waals surface area contributed by atoms with Crippen molar-refractivity contribution in [3.63, 3.8) is 0 Å². The van der Waals surface area contributed by atoms with Crippen LogP contribution in [0.3, 0.4) is 0 Å². The van der Waals surface area contributed by atoms with Crippen LogP contribution in [-0.4, -0.2) is 55.9 Å². The second kappa shape index (κ2) is 5.47. The number of carbonyl (C=O) groups is 1. The lowest BCUT2D eigenvalue weighted by Gasteiger charge is -2.32. The van der Waals surface area contributed by atoms with Crippen molar-refractivity contribution in [2.45, 2.75) is 13.0 Å². The number of aromatic nitrogens is 5. The molecule has 0 unspecified atom stereocenters. The number of H-pyrrole nitrogens is 2. The molecule has 1 aliphatic heterocycles. The van der Waals surface area contributed by atoms with Gasteiger partial charge in [-0.25, -0.2) is 4.98 Å². The lowest BCUT2D eigenvalue weighted by Crippen LogP contribution is -2.42. The fraction of sp³-hybridized carbons (Fsp3) is 0.333. The number of nitrogens with one attached hydrogen (secondary N) is 2. The van der Waals surface area contributed by atoms with Crippen LogP contribution in [0.25, 0.3) is 11.0 Å². The Bertz CT molecular complexity index is 854. The average molecular weight is 312 g/mol. The van der Waals surface area contributed by atoms with E-state index in [-0.39, 0.29) is 12.0 Å². The van der Waals surface area contributed by atoms with Gasteiger partial charge in [-0.15, -0.1) is 0 Å². The summed E-state index contributed by atoms with van der Waals surface area (Å²) in [5, 5.41) is 10.6. The maximum absolute atomic E-state index is 12.7. The second-order valence-electron chi connectivity index (χ2n) is 5.59. The molecule has 118 valence electrons. The van der Waals surface area contributed by atoms with Gasteiger partial charge in [-0.05, 0) is 25.1 Å². The van der Waals surface area contributed by atoms with Crippen LogP contribution in [0, 0.1) is 6.92 Å². The van der Waals surface area contributed by atoms with E-state index in [2.05, 4.69) is 25.4 Å². The smallest absolute Gasteiger partial charge is 0.254 e. The van der Waals surface area contributed by atoms with Crippen LogP contribution >= 0.6 is 0 Å². The Morgan fingerprint density at radius 3 is 3.04 bits per heavy atom. The summed E-state index contributed by atoms with van der Waals surface area (Å²) in [6.07, 6.45) is 1.54. The monoisotopic (exact) mass is 312 g/mol. The Labute approximate surface area is 131 Å². The Kier molecular flexibility index (Phi) is 3.30. The number of fused-ring (bicyclic) bond motifs is 1. The van der Waals surface area contributed by atoms with Gasteiger partial charge in [-0.2, -0.15) is 15.4 Å². The Morgan fingerprint density at radius 1 is 1.35 bits per heavy atom. The number of ether oxygens (including phenoxy) is 1. The van der Waals surface area contributed by atoms with E-state index in [9.17, 15) is 4.79 Å². The van der Waals surface area contributed by atoms with Gasteiger partial charge in [-0.3, -0.25) is 4.79 Å². The number of hydrogen-bond donors (Lipinski definition) is 2. The van der Waals surface area contributed by atoms with E-state index in [1.807, 2.05) is 6.92 Å². The number of aromatic amines is 2. The summed E-state index contributed by atoms with van der Waals surface area (Å²) in [5.41, 5.74) is 3.00. The zero-order valence-corrected chi connectivity index (χ0v) is 12.6. The van der Waals surface area contributed by atoms with Crippen molar-refractivity contribution in [3.8, 4) is 0 Å². The standard InChI is InChI=1S/C15H16N6O2/c1-9-7-16-14(17-9)13-8-21(4-5-23-13)15(22)10-2-3-11-12(6-10)19-20-18-11/h2-3,6-7,13H,4-5,8H2,1H3,(H,16,17)(H,18,19,20)/t13-/m1/s1. The SMILES string of the molecule is Cc1cnc([C@H]2CN(C(=O)c3ccc4n[nH]nc4c3)CCO2)[nH]1. The number of aryl methyl sites for hydroxylation is 1. The van der Waals surface area contributed by atoms with Crippen molar-refractivity contribution >= 4 is 16.9 Å². The first-order valence-electron chi connectivity index (χ1n) is 7.43. The molecule has 0 saturated carbocycles. The van der Waals surface area contributed by atoms with E-state index in [4.69, 9.17) is 4.74 Å². The fourth-order valence-corrected chi connectivity index (χ4v) is 2.75. The molecule has 0 aliphatic carbocycles. The number of carbonyl (C=O) groups excluding carboxylic acids is 1. The largest absolute Gasteiger partial charge is 0.367 e. The van der Waals surface area contributed by atoms with E-state index >= 15 is 0 Å². The summed E-state index contributed by atoms with van der Waals surface area (Å²) in [7, 11) is 0. The van der Waals surface area contributed by atoms with E-state index < -0.39 is 0 Å². The van der Waals surface area contributed by atoms with Crippen molar-refractivity contribution in [1.29, 1.82) is 0 Å². The molecule has 8 nitrogen and oxygen atoms in total. The normalized spacial score (nSPS) is 18.5. The van der Waals surface area contributed by atoms with E-state index in [1.165, 1.54) is 0 Å². The molecule has 0 bridgehead atoms. The lowest BCUT2D eigenvalue weighted by molar-refractivity contribution is -0.0264. The molecule has 3 heterocycles. The second-order valence-corrected chi connectivity index (χ2v) is 5.59. The van der Waals surface area contributed by atoms with Crippen molar-refractivity contribution in [2.75, 3.05) is 19.7 Å². The zero-order chi connectivity index (χ0) is 15.8. The van der Waals surface area contributed by atoms with Gasteiger partial charge in [0, 0.05) is 24.0 Å². The van der Waals surface area contributed by atoms with Crippen LogP contribution in [-0.2, 0) is 4.74 Å². The molecule has 4 rings (SSSR count). The molecule has 0 spiro atoms. The summed E-state index contributed by atoms with van der Waals surface area (Å²) in [5.74, 6) is 0.721. The summed E-state index contributed by atoms with van der Waals surface area (Å²) in [6.45, 7) is 3.46. The van der Waals surface area contributed by atoms with Crippen molar-refractivity contribution in [2.24, 2.45) is 0 Å². The van der Waals surface area contributed by atoms with E-state index in [1.54, 1.807) is 29.3 Å². The van der Waals surface area contributed by atoms with Gasteiger partial charge in [0.2, 0.25) is 0 Å². The average Bonchev–Trinajstić information content (AvgIpc) is 3.22. The molecule has 1 aliphatic rings. The van der Waals surface area contributed by atoms with Gasteiger partial charge in [0.1, 0.15) is 23.0 Å². The van der Waals surface area contributed by atoms with Gasteiger partial charge < -0.3 is 14.6 Å². The number of amides is 1. The van der Waals surface area contributed by atoms with Gasteiger partial charge in [0.15, 0.2) is 0 Å². The summed E-state index contributed by atoms with van der Waals surface area (Å²) in [6, 6.07) is 5.32. The number of hydrogen-bond acceptors (Lipinski definition) is 5. The Hall–Kier alpha value is -2.74. The highest BCUT2D eigenvalue weighted by Crippen LogP contribution is 2.22. The predicted molar refractivity (Wildman–Crippen MR) is 81.8 cm³/mol. The van der Waals surface area contributed by atoms with E-state index in [0.29, 0.717) is 30.8 Å². The van der Waals surface area contributed by atoms with Gasteiger partial charge in [0.25, 0.3) is 5.91 Å². The first-order valence-corrected chi connectivity index (χ1v) is 7.43. The van der Waals surface area contributed by atoms with Crippen molar-refractivity contribution < 1.29 is 9.53 Å². The molecule has 1 atom stereocenters. The number of imidazole rings is 1. The molecule has 1 fully saturated rings. The topological polar surface area (TPSA) is 99.8 Å². The first kappa shape index (κ1) is 13.9. The number of morpholine rings is 1. The van der Waals surface area contributed by atoms with Crippen LogP contribution in [0.15, 0.2) is 24.4 Å². The summed E-state index contributed by atoms with van der Waals surface area (Å²) < 4.78 is 5.74. The summed E-state index contributed by atoms with van der Waals surface area (Å²) >= 11 is 0. The van der Waals surface area contributed by atoms with Crippen LogP contribution in [0.2, 0.25) is 0 Å². The third-order valence-electron chi connectivity index (χ3n) is 3.94. The van der Waals surface area contributed by atoms with Crippen LogP contribution in [0.5, 0.6) is 0 Å². The molecule has 1 saturated heterocycles. The third kappa shape index (κ3) is 2.57. The molecule has 3 aromatic rings. The van der Waals surface area contributed by atoms with Gasteiger partial charge in [0.05, 0.1) is 13.2 Å². The minimum atomic E-state index is -0.225. The zero-order valence-electron chi connectivity index (χ0n) is 12.6. The quantitative estimate of drug-likeness (QED) is 0.740. The van der Waals surface area contributed by atoms with Gasteiger partial charge >= 0.3 is 0 Å². The van der Waals surface area contributed by atoms with Crippen LogP contribution in [0.1, 0.15) is 28.0 Å². The number of rotatable bonds is 2. The van der Waals surface area contributed by atoms with Crippen molar-refractivity contribution in [1.82, 2.24) is 30.3 Å². The predicted octanol–water partition coefficient (Wildman–Crippen LogP) is 1.20. The molecule has 8 heteroatoms. The van der Waals surface area contributed by atoms with E-state index in [0.717, 1.165) is 17.0 Å². The van der Waals surface area contributed by atoms with Crippen LogP contribution in [0.4, 0.5) is 0 Å². The first-order chi connectivity index (χ1) is 11.2. The van der Waals surface area contributed by atoms with Crippen molar-refractivity contribution in [3.05, 3.63) is 41.5 Å². The number of benzene rings is 1. The summed E-state index contributed by atoms with van der Waals surface area (Å²) in [4.78, 5) is 22.0. The Morgan fingerprint density at radius 2 is 2.22 bits per heavy atom. The third-order valence-corrected chi connectivity index (χ3v) is 3.94. The van der Waals surface area contributed by atoms with Gasteiger partial charge in [-0.1, -0.05) is 0 Å². The molecule has 0 radical (unpaired) electrons. The van der Waals surface area contributed by atoms with Crippen LogP contribution < -0.4 is 0 Å². The molecule has 1 aromatic carbocycles. The molecule has 1 amide bonds. The Balaban J connectivity index is 1.55. The molecule has 2 N–H and O–H groups in total. The molecular weight excluding hydrogens is 296 g/mol. The highest BCUT2D eigenvalue weighted by molar-refractivity contribution is 5.97. The highest BCUT2D eigenvalue weighted by Gasteiger charge is 2.28. The lowest BCUT2D eigenvalue weighted by atomic mass is 10.1. The maximum atomic E-state index is 12.7. The maximum Gasteiger partial charge on any atom is 0.254 e.